The number of nitrogens with zero attached hydrogens (tertiary/aromatic N) is 1. The highest BCUT2D eigenvalue weighted by Gasteiger charge is 2.13. The van der Waals surface area contributed by atoms with Gasteiger partial charge < -0.3 is 10.6 Å². The van der Waals surface area contributed by atoms with E-state index in [1.807, 2.05) is 0 Å². The molecule has 3 rings (SSSR count). The van der Waals surface area contributed by atoms with Crippen LogP contribution < -0.4 is 10.6 Å². The molecule has 28 heavy (non-hydrogen) atoms. The summed E-state index contributed by atoms with van der Waals surface area (Å²) in [6.45, 7) is 2.03. The Labute approximate surface area is 166 Å². The molecule has 142 valence electrons. The number of aromatic nitrogens is 1. The number of carbonyl (C=O) groups is 2. The van der Waals surface area contributed by atoms with Crippen LogP contribution in [0.5, 0.6) is 0 Å². The van der Waals surface area contributed by atoms with Crippen molar-refractivity contribution in [1.29, 1.82) is 0 Å². The molecule has 0 saturated carbocycles. The van der Waals surface area contributed by atoms with Gasteiger partial charge in [0.15, 0.2) is 0 Å². The van der Waals surface area contributed by atoms with E-state index in [-0.39, 0.29) is 29.4 Å². The van der Waals surface area contributed by atoms with Crippen LogP contribution in [-0.2, 0) is 6.54 Å². The maximum atomic E-state index is 12.9. The average molecular weight is 398 g/mol. The van der Waals surface area contributed by atoms with Gasteiger partial charge in [0.2, 0.25) is 0 Å². The molecule has 0 bridgehead atoms. The van der Waals surface area contributed by atoms with Crippen molar-refractivity contribution >= 4 is 29.1 Å². The van der Waals surface area contributed by atoms with E-state index in [0.717, 1.165) is 11.1 Å². The molecular formula is C21H17ClFN3O2. The summed E-state index contributed by atoms with van der Waals surface area (Å²) >= 11 is 6.07. The first-order valence-corrected chi connectivity index (χ1v) is 8.86. The molecule has 0 aliphatic rings. The maximum Gasteiger partial charge on any atom is 0.257 e. The Morgan fingerprint density at radius 2 is 1.71 bits per heavy atom. The minimum atomic E-state index is -0.397. The summed E-state index contributed by atoms with van der Waals surface area (Å²) in [7, 11) is 0. The molecule has 7 heteroatoms. The number of halogens is 2. The third kappa shape index (κ3) is 4.72. The van der Waals surface area contributed by atoms with Crippen LogP contribution in [0.4, 0.5) is 10.1 Å². The first kappa shape index (κ1) is 19.5. The van der Waals surface area contributed by atoms with Crippen LogP contribution in [0.15, 0.2) is 60.9 Å². The van der Waals surface area contributed by atoms with Gasteiger partial charge in [0.25, 0.3) is 11.8 Å². The van der Waals surface area contributed by atoms with Crippen molar-refractivity contribution in [3.05, 3.63) is 94.0 Å². The zero-order chi connectivity index (χ0) is 20.1. The molecule has 1 heterocycles. The Bertz CT molecular complexity index is 1020. The molecule has 0 fully saturated rings. The Hall–Kier alpha value is -3.25. The lowest BCUT2D eigenvalue weighted by molar-refractivity contribution is 0.0950. The predicted octanol–water partition coefficient (Wildman–Crippen LogP) is 4.36. The Morgan fingerprint density at radius 3 is 2.43 bits per heavy atom. The standard InChI is InChI=1S/C21H17ClFN3O2/c1-13-18(22)3-2-4-19(13)26-21(28)16-9-15(11-24-12-16)20(27)25-10-14-5-7-17(23)8-6-14/h2-9,11-12H,10H2,1H3,(H,25,27)(H,26,28). The highest BCUT2D eigenvalue weighted by molar-refractivity contribution is 6.31. The third-order valence-corrected chi connectivity index (χ3v) is 4.55. The smallest absolute Gasteiger partial charge is 0.257 e. The number of hydrogen-bond donors (Lipinski definition) is 2. The minimum absolute atomic E-state index is 0.233. The second-order valence-corrected chi connectivity index (χ2v) is 6.55. The first-order chi connectivity index (χ1) is 13.4. The molecular weight excluding hydrogens is 381 g/mol. The van der Waals surface area contributed by atoms with E-state index in [2.05, 4.69) is 15.6 Å². The van der Waals surface area contributed by atoms with Crippen molar-refractivity contribution < 1.29 is 14.0 Å². The van der Waals surface area contributed by atoms with Gasteiger partial charge in [-0.2, -0.15) is 0 Å². The molecule has 0 radical (unpaired) electrons. The minimum Gasteiger partial charge on any atom is -0.348 e. The van der Waals surface area contributed by atoms with Crippen molar-refractivity contribution in [3.8, 4) is 0 Å². The van der Waals surface area contributed by atoms with E-state index in [0.29, 0.717) is 10.7 Å². The largest absolute Gasteiger partial charge is 0.348 e. The van der Waals surface area contributed by atoms with E-state index in [4.69, 9.17) is 11.6 Å². The predicted molar refractivity (Wildman–Crippen MR) is 106 cm³/mol. The SMILES string of the molecule is Cc1c(Cl)cccc1NC(=O)c1cncc(C(=O)NCc2ccc(F)cc2)c1. The van der Waals surface area contributed by atoms with Crippen molar-refractivity contribution in [2.45, 2.75) is 13.5 Å². The second kappa shape index (κ2) is 8.63. The lowest BCUT2D eigenvalue weighted by Crippen LogP contribution is -2.23. The van der Waals surface area contributed by atoms with Gasteiger partial charge in [-0.25, -0.2) is 4.39 Å². The Morgan fingerprint density at radius 1 is 1.04 bits per heavy atom. The summed E-state index contributed by atoms with van der Waals surface area (Å²) in [5.41, 5.74) is 2.58. The molecule has 5 nitrogen and oxygen atoms in total. The number of rotatable bonds is 5. The van der Waals surface area contributed by atoms with E-state index in [1.165, 1.54) is 30.6 Å². The number of carbonyl (C=O) groups excluding carboxylic acids is 2. The number of amides is 2. The quantitative estimate of drug-likeness (QED) is 0.671. The van der Waals surface area contributed by atoms with Crippen molar-refractivity contribution in [1.82, 2.24) is 10.3 Å². The molecule has 0 atom stereocenters. The first-order valence-electron chi connectivity index (χ1n) is 8.48. The fraction of sp³-hybridized carbons (Fsp3) is 0.0952. The van der Waals surface area contributed by atoms with E-state index < -0.39 is 5.91 Å². The van der Waals surface area contributed by atoms with Crippen LogP contribution in [0, 0.1) is 12.7 Å². The number of hydrogen-bond acceptors (Lipinski definition) is 3. The molecule has 1 aromatic heterocycles. The van der Waals surface area contributed by atoms with E-state index >= 15 is 0 Å². The van der Waals surface area contributed by atoms with Crippen LogP contribution in [0.25, 0.3) is 0 Å². The molecule has 0 aliphatic carbocycles. The summed E-state index contributed by atoms with van der Waals surface area (Å²) < 4.78 is 12.9. The van der Waals surface area contributed by atoms with Crippen molar-refractivity contribution in [2.24, 2.45) is 0 Å². The normalized spacial score (nSPS) is 10.4. The summed E-state index contributed by atoms with van der Waals surface area (Å²) in [5, 5.41) is 6.03. The van der Waals surface area contributed by atoms with Gasteiger partial charge in [-0.15, -0.1) is 0 Å². The summed E-state index contributed by atoms with van der Waals surface area (Å²) in [5.74, 6) is -1.12. The second-order valence-electron chi connectivity index (χ2n) is 6.14. The van der Waals surface area contributed by atoms with Crippen LogP contribution in [-0.4, -0.2) is 16.8 Å². The highest BCUT2D eigenvalue weighted by atomic mass is 35.5. The molecule has 0 unspecified atom stereocenters. The molecule has 2 N–H and O–H groups in total. The number of pyridine rings is 1. The zero-order valence-electron chi connectivity index (χ0n) is 15.0. The van der Waals surface area contributed by atoms with Crippen molar-refractivity contribution in [2.75, 3.05) is 5.32 Å². The van der Waals surface area contributed by atoms with E-state index in [9.17, 15) is 14.0 Å². The molecule has 2 amide bonds. The van der Waals surface area contributed by atoms with Gasteiger partial charge in [-0.3, -0.25) is 14.6 Å². The highest BCUT2D eigenvalue weighted by Crippen LogP contribution is 2.23. The van der Waals surface area contributed by atoms with Crippen LogP contribution in [0.1, 0.15) is 31.8 Å². The average Bonchev–Trinajstić information content (AvgIpc) is 2.71. The van der Waals surface area contributed by atoms with E-state index in [1.54, 1.807) is 37.3 Å². The number of benzene rings is 2. The van der Waals surface area contributed by atoms with Gasteiger partial charge in [0.1, 0.15) is 5.82 Å². The van der Waals surface area contributed by atoms with Crippen LogP contribution >= 0.6 is 11.6 Å². The van der Waals surface area contributed by atoms with Gasteiger partial charge in [0, 0.05) is 29.6 Å². The molecule has 0 aliphatic heterocycles. The summed E-state index contributed by atoms with van der Waals surface area (Å²) in [6.07, 6.45) is 2.76. The van der Waals surface area contributed by atoms with Gasteiger partial charge >= 0.3 is 0 Å². The molecule has 0 spiro atoms. The topological polar surface area (TPSA) is 71.1 Å². The maximum absolute atomic E-state index is 12.9. The zero-order valence-corrected chi connectivity index (χ0v) is 15.8. The fourth-order valence-electron chi connectivity index (χ4n) is 2.51. The molecule has 3 aromatic rings. The summed E-state index contributed by atoms with van der Waals surface area (Å²) in [4.78, 5) is 28.8. The van der Waals surface area contributed by atoms with Gasteiger partial charge in [-0.1, -0.05) is 29.8 Å². The summed E-state index contributed by atoms with van der Waals surface area (Å²) in [6, 6.07) is 12.5. The number of nitrogens with one attached hydrogen (secondary N) is 2. The van der Waals surface area contributed by atoms with Crippen LogP contribution in [0.3, 0.4) is 0 Å². The van der Waals surface area contributed by atoms with Gasteiger partial charge in [0.05, 0.1) is 11.1 Å². The number of anilines is 1. The molecule has 0 saturated heterocycles. The monoisotopic (exact) mass is 397 g/mol. The Balaban J connectivity index is 1.68. The van der Waals surface area contributed by atoms with Crippen molar-refractivity contribution in [3.63, 3.8) is 0 Å². The molecule has 2 aromatic carbocycles. The lowest BCUT2D eigenvalue weighted by Gasteiger charge is -2.10. The van der Waals surface area contributed by atoms with Gasteiger partial charge in [-0.05, 0) is 48.4 Å². The third-order valence-electron chi connectivity index (χ3n) is 4.14. The lowest BCUT2D eigenvalue weighted by atomic mass is 10.1. The Kier molecular flexibility index (Phi) is 6.01. The van der Waals surface area contributed by atoms with Crippen LogP contribution in [0.2, 0.25) is 5.02 Å². The fourth-order valence-corrected chi connectivity index (χ4v) is 2.69.